The van der Waals surface area contributed by atoms with Crippen molar-refractivity contribution in [3.8, 4) is 5.75 Å². The van der Waals surface area contributed by atoms with Gasteiger partial charge in [-0.05, 0) is 90.7 Å². The molecule has 8 nitrogen and oxygen atoms in total. The minimum Gasteiger partial charge on any atom is -0.481 e. The number of anilines is 1. The Bertz CT molecular complexity index is 1170. The number of ether oxygens (including phenoxy) is 1. The van der Waals surface area contributed by atoms with Crippen LogP contribution in [0.4, 0.5) is 5.69 Å². The van der Waals surface area contributed by atoms with E-state index >= 15 is 0 Å². The van der Waals surface area contributed by atoms with Crippen molar-refractivity contribution in [2.24, 2.45) is 7.05 Å². The van der Waals surface area contributed by atoms with Crippen molar-refractivity contribution in [3.05, 3.63) is 62.5 Å². The molecular formula is C25H30IN5O3S. The fourth-order valence-electron chi connectivity index (χ4n) is 3.41. The molecule has 1 atom stereocenters. The zero-order chi connectivity index (χ0) is 25.5. The number of halogens is 1. The Morgan fingerprint density at radius 2 is 1.80 bits per heavy atom. The van der Waals surface area contributed by atoms with Crippen LogP contribution in [0.3, 0.4) is 0 Å². The molecule has 2 amide bonds. The molecule has 186 valence electrons. The van der Waals surface area contributed by atoms with Gasteiger partial charge in [-0.25, -0.2) is 0 Å². The van der Waals surface area contributed by atoms with Crippen LogP contribution >= 0.6 is 34.4 Å². The van der Waals surface area contributed by atoms with Crippen LogP contribution < -0.4 is 15.4 Å². The van der Waals surface area contributed by atoms with Crippen LogP contribution in [-0.4, -0.2) is 38.4 Å². The van der Waals surface area contributed by atoms with Gasteiger partial charge in [0.25, 0.3) is 5.91 Å². The van der Waals surface area contributed by atoms with Crippen molar-refractivity contribution in [1.82, 2.24) is 20.1 Å². The van der Waals surface area contributed by atoms with Crippen LogP contribution in [0, 0.1) is 17.4 Å². The second kappa shape index (κ2) is 12.4. The molecule has 1 aromatic heterocycles. The number of nitrogens with zero attached hydrogens (tertiary/aromatic N) is 3. The quantitative estimate of drug-likeness (QED) is 0.262. The Kier molecular flexibility index (Phi) is 9.55. The number of aromatic nitrogens is 3. The summed E-state index contributed by atoms with van der Waals surface area (Å²) in [7, 11) is 1.81. The Morgan fingerprint density at radius 3 is 2.43 bits per heavy atom. The average Bonchev–Trinajstić information content (AvgIpc) is 3.18. The lowest BCUT2D eigenvalue weighted by Crippen LogP contribution is -2.36. The number of thioether (sulfide) groups is 1. The van der Waals surface area contributed by atoms with E-state index < -0.39 is 6.10 Å². The number of nitrogens with one attached hydrogen (secondary N) is 2. The number of carbonyl (C=O) groups excluding carboxylic acids is 2. The molecule has 0 unspecified atom stereocenters. The number of hydrogen-bond acceptors (Lipinski definition) is 6. The molecule has 10 heteroatoms. The molecule has 0 bridgehead atoms. The summed E-state index contributed by atoms with van der Waals surface area (Å²) >= 11 is 3.56. The summed E-state index contributed by atoms with van der Waals surface area (Å²) in [4.78, 5) is 25.0. The van der Waals surface area contributed by atoms with E-state index in [1.807, 2.05) is 57.3 Å². The number of hydrogen-bond donors (Lipinski definition) is 2. The van der Waals surface area contributed by atoms with Crippen LogP contribution in [0.25, 0.3) is 0 Å². The van der Waals surface area contributed by atoms with Crippen LogP contribution in [0.15, 0.2) is 41.6 Å². The Balaban J connectivity index is 1.49. The molecule has 0 fully saturated rings. The summed E-state index contributed by atoms with van der Waals surface area (Å²) < 4.78 is 8.64. The monoisotopic (exact) mass is 607 g/mol. The van der Waals surface area contributed by atoms with E-state index in [1.165, 1.54) is 17.3 Å². The lowest BCUT2D eigenvalue weighted by atomic mass is 10.1. The Hall–Kier alpha value is -2.60. The fourth-order valence-corrected chi connectivity index (χ4v) is 5.07. The normalized spacial score (nSPS) is 11.7. The third-order valence-corrected chi connectivity index (χ3v) is 7.10. The number of rotatable bonds is 10. The van der Waals surface area contributed by atoms with E-state index in [0.717, 1.165) is 26.8 Å². The molecule has 2 aromatic carbocycles. The highest BCUT2D eigenvalue weighted by atomic mass is 127. The first-order chi connectivity index (χ1) is 16.7. The summed E-state index contributed by atoms with van der Waals surface area (Å²) in [5.41, 5.74) is 4.11. The highest BCUT2D eigenvalue weighted by molar-refractivity contribution is 14.1. The van der Waals surface area contributed by atoms with E-state index in [2.05, 4.69) is 50.3 Å². The molecule has 0 saturated carbocycles. The van der Waals surface area contributed by atoms with Gasteiger partial charge in [-0.3, -0.25) is 9.59 Å². The topological polar surface area (TPSA) is 98.1 Å². The molecule has 1 heterocycles. The third-order valence-electron chi connectivity index (χ3n) is 5.45. The van der Waals surface area contributed by atoms with Gasteiger partial charge in [0.05, 0.1) is 12.3 Å². The summed E-state index contributed by atoms with van der Waals surface area (Å²) in [5, 5.41) is 14.7. The molecule has 0 saturated heterocycles. The maximum atomic E-state index is 12.5. The van der Waals surface area contributed by atoms with Gasteiger partial charge in [0.15, 0.2) is 17.1 Å². The van der Waals surface area contributed by atoms with Gasteiger partial charge in [-0.2, -0.15) is 0 Å². The van der Waals surface area contributed by atoms with Gasteiger partial charge >= 0.3 is 0 Å². The average molecular weight is 608 g/mol. The van der Waals surface area contributed by atoms with E-state index in [4.69, 9.17) is 4.74 Å². The van der Waals surface area contributed by atoms with Gasteiger partial charge in [0.2, 0.25) is 5.91 Å². The number of benzene rings is 2. The number of amides is 2. The van der Waals surface area contributed by atoms with Crippen molar-refractivity contribution in [1.29, 1.82) is 0 Å². The highest BCUT2D eigenvalue weighted by Crippen LogP contribution is 2.24. The maximum Gasteiger partial charge on any atom is 0.261 e. The van der Waals surface area contributed by atoms with Crippen LogP contribution in [0.5, 0.6) is 5.75 Å². The Labute approximate surface area is 223 Å². The van der Waals surface area contributed by atoms with Gasteiger partial charge in [0, 0.05) is 16.3 Å². The molecular weight excluding hydrogens is 577 g/mol. The fraction of sp³-hybridized carbons (Fsp3) is 0.360. The lowest BCUT2D eigenvalue weighted by Gasteiger charge is -2.15. The molecule has 0 aliphatic rings. The Morgan fingerprint density at radius 1 is 1.14 bits per heavy atom. The molecule has 0 radical (unpaired) electrons. The summed E-state index contributed by atoms with van der Waals surface area (Å²) in [6.07, 6.45) is 0.298. The van der Waals surface area contributed by atoms with Crippen LogP contribution in [-0.2, 0) is 29.6 Å². The molecule has 35 heavy (non-hydrogen) atoms. The van der Waals surface area contributed by atoms with Crippen molar-refractivity contribution in [2.75, 3.05) is 11.1 Å². The minimum absolute atomic E-state index is 0.113. The molecule has 0 aliphatic carbocycles. The van der Waals surface area contributed by atoms with E-state index in [1.54, 1.807) is 11.5 Å². The van der Waals surface area contributed by atoms with Crippen LogP contribution in [0.2, 0.25) is 0 Å². The zero-order valence-electron chi connectivity index (χ0n) is 20.5. The first kappa shape index (κ1) is 27.0. The summed E-state index contributed by atoms with van der Waals surface area (Å²) in [6, 6.07) is 11.8. The molecule has 3 rings (SSSR count). The van der Waals surface area contributed by atoms with Crippen molar-refractivity contribution in [3.63, 3.8) is 0 Å². The molecule has 0 spiro atoms. The zero-order valence-corrected chi connectivity index (χ0v) is 23.5. The second-order valence-corrected chi connectivity index (χ2v) is 10.4. The largest absolute Gasteiger partial charge is 0.481 e. The first-order valence-corrected chi connectivity index (χ1v) is 13.3. The minimum atomic E-state index is -0.651. The second-order valence-electron chi connectivity index (χ2n) is 8.18. The first-order valence-electron chi connectivity index (χ1n) is 11.3. The van der Waals surface area contributed by atoms with E-state index in [9.17, 15) is 9.59 Å². The molecule has 3 aromatic rings. The van der Waals surface area contributed by atoms with Gasteiger partial charge in [0.1, 0.15) is 5.75 Å². The lowest BCUT2D eigenvalue weighted by molar-refractivity contribution is -0.127. The predicted molar refractivity (Wildman–Crippen MR) is 147 cm³/mol. The van der Waals surface area contributed by atoms with Crippen molar-refractivity contribution >= 4 is 51.9 Å². The SMILES string of the molecule is CCc1ccc(O[C@@H](C)C(=O)NCc2nnc(SCC(=O)Nc3c(C)cc(I)cc3C)n2C)cc1. The van der Waals surface area contributed by atoms with E-state index in [0.29, 0.717) is 16.7 Å². The standard InChI is InChI=1S/C25H30IN5O3S/c1-6-18-7-9-20(10-8-18)34-17(4)24(33)27-13-21-29-30-25(31(21)5)35-14-22(32)28-23-15(2)11-19(26)12-16(23)3/h7-12,17H,6,13-14H2,1-5H3,(H,27,33)(H,28,32)/t17-/m0/s1. The van der Waals surface area contributed by atoms with Crippen molar-refractivity contribution < 1.29 is 14.3 Å². The van der Waals surface area contributed by atoms with E-state index in [-0.39, 0.29) is 24.1 Å². The predicted octanol–water partition coefficient (Wildman–Crippen LogP) is 4.41. The molecule has 2 N–H and O–H groups in total. The van der Waals surface area contributed by atoms with Crippen LogP contribution in [0.1, 0.15) is 36.4 Å². The number of aryl methyl sites for hydroxylation is 3. The van der Waals surface area contributed by atoms with Gasteiger partial charge < -0.3 is 19.9 Å². The maximum absolute atomic E-state index is 12.5. The summed E-state index contributed by atoms with van der Waals surface area (Å²) in [5.74, 6) is 1.08. The van der Waals surface area contributed by atoms with Crippen molar-refractivity contribution in [2.45, 2.75) is 51.9 Å². The third kappa shape index (κ3) is 7.44. The molecule has 0 aliphatic heterocycles. The highest BCUT2D eigenvalue weighted by Gasteiger charge is 2.17. The summed E-state index contributed by atoms with van der Waals surface area (Å²) in [6.45, 7) is 7.96. The van der Waals surface area contributed by atoms with Gasteiger partial charge in [-0.15, -0.1) is 10.2 Å². The van der Waals surface area contributed by atoms with Gasteiger partial charge in [-0.1, -0.05) is 30.8 Å². The smallest absolute Gasteiger partial charge is 0.261 e. The number of carbonyl (C=O) groups is 2.